The number of methoxy groups -OCH3 is 2. The van der Waals surface area contributed by atoms with E-state index in [1.54, 1.807) is 12.1 Å². The molecule has 3 nitrogen and oxygen atoms in total. The van der Waals surface area contributed by atoms with Gasteiger partial charge in [0.1, 0.15) is 11.5 Å². The second kappa shape index (κ2) is 10.00. The monoisotopic (exact) mass is 401 g/mol. The number of nitrogens with one attached hydrogen (secondary N) is 1. The number of halogens is 3. The van der Waals surface area contributed by atoms with Gasteiger partial charge in [0.2, 0.25) is 0 Å². The minimum atomic E-state index is -2.51. The molecule has 0 aliphatic carbocycles. The molecule has 0 heterocycles. The Kier molecular flexibility index (Phi) is 8.00. The molecule has 0 aliphatic rings. The molecule has 0 radical (unpaired) electrons. The summed E-state index contributed by atoms with van der Waals surface area (Å²) >= 11 is 6.52. The lowest BCUT2D eigenvalue weighted by Gasteiger charge is -2.15. The van der Waals surface area contributed by atoms with Crippen LogP contribution in [0.4, 0.5) is 8.78 Å². The molecule has 0 amide bonds. The number of alkyl halides is 2. The molecule has 2 aromatic carbocycles. The van der Waals surface area contributed by atoms with Crippen molar-refractivity contribution < 1.29 is 18.3 Å². The Hall–Kier alpha value is -1.50. The number of ether oxygens (including phenoxy) is 2. The van der Waals surface area contributed by atoms with Gasteiger partial charge in [-0.1, -0.05) is 29.4 Å². The van der Waals surface area contributed by atoms with Gasteiger partial charge in [-0.3, -0.25) is 0 Å². The summed E-state index contributed by atoms with van der Waals surface area (Å²) in [5, 5.41) is 4.08. The van der Waals surface area contributed by atoms with Crippen LogP contribution >= 0.6 is 23.4 Å². The summed E-state index contributed by atoms with van der Waals surface area (Å²) in [6, 6.07) is 9.29. The summed E-state index contributed by atoms with van der Waals surface area (Å²) in [5.41, 5.74) is 3.13. The Bertz CT molecular complexity index is 723. The highest BCUT2D eigenvalue weighted by Gasteiger charge is 2.15. The van der Waals surface area contributed by atoms with Crippen LogP contribution in [-0.2, 0) is 13.0 Å². The number of thioether (sulfide) groups is 1. The van der Waals surface area contributed by atoms with E-state index in [2.05, 4.69) is 11.4 Å². The average molecular weight is 402 g/mol. The molecule has 0 saturated heterocycles. The molecule has 0 unspecified atom stereocenters. The van der Waals surface area contributed by atoms with Crippen molar-refractivity contribution in [3.63, 3.8) is 0 Å². The quantitative estimate of drug-likeness (QED) is 0.455. The van der Waals surface area contributed by atoms with Crippen molar-refractivity contribution in [2.24, 2.45) is 0 Å². The topological polar surface area (TPSA) is 30.5 Å². The van der Waals surface area contributed by atoms with Crippen LogP contribution in [0.15, 0.2) is 35.2 Å². The maximum atomic E-state index is 12.7. The Morgan fingerprint density at radius 1 is 1.08 bits per heavy atom. The molecule has 26 heavy (non-hydrogen) atoms. The SMILES string of the molecule is COc1cc(SC(F)F)c(OC)cc1CCNCc1cc(C)cc(Cl)c1. The van der Waals surface area contributed by atoms with Gasteiger partial charge < -0.3 is 14.8 Å². The van der Waals surface area contributed by atoms with Gasteiger partial charge in [-0.25, -0.2) is 0 Å². The molecule has 0 bridgehead atoms. The highest BCUT2D eigenvalue weighted by atomic mass is 35.5. The average Bonchev–Trinajstić information content (AvgIpc) is 2.57. The molecule has 0 spiro atoms. The minimum absolute atomic E-state index is 0.366. The van der Waals surface area contributed by atoms with E-state index in [4.69, 9.17) is 21.1 Å². The van der Waals surface area contributed by atoms with Crippen molar-refractivity contribution in [3.8, 4) is 11.5 Å². The molecule has 142 valence electrons. The summed E-state index contributed by atoms with van der Waals surface area (Å²) in [5.74, 6) is -1.51. The standard InChI is InChI=1S/C19H22ClF2NO2S/c1-12-6-13(8-15(20)7-12)11-23-5-4-14-9-17(25-3)18(26-19(21)22)10-16(14)24-2/h6-10,19,23H,4-5,11H2,1-3H3. The molecular weight excluding hydrogens is 380 g/mol. The Morgan fingerprint density at radius 3 is 2.42 bits per heavy atom. The highest BCUT2D eigenvalue weighted by Crippen LogP contribution is 2.38. The van der Waals surface area contributed by atoms with Gasteiger partial charge in [-0.05, 0) is 60.8 Å². The van der Waals surface area contributed by atoms with Gasteiger partial charge >= 0.3 is 0 Å². The van der Waals surface area contributed by atoms with Crippen LogP contribution in [0.2, 0.25) is 5.02 Å². The van der Waals surface area contributed by atoms with Gasteiger partial charge in [0.15, 0.2) is 0 Å². The second-order valence-electron chi connectivity index (χ2n) is 5.76. The molecule has 0 fully saturated rings. The summed E-state index contributed by atoms with van der Waals surface area (Å²) in [7, 11) is 3.01. The van der Waals surface area contributed by atoms with Gasteiger partial charge in [0.05, 0.1) is 19.1 Å². The predicted molar refractivity (Wildman–Crippen MR) is 103 cm³/mol. The zero-order valence-electron chi connectivity index (χ0n) is 14.9. The van der Waals surface area contributed by atoms with E-state index in [0.29, 0.717) is 47.7 Å². The van der Waals surface area contributed by atoms with Crippen LogP contribution in [0.3, 0.4) is 0 Å². The van der Waals surface area contributed by atoms with Crippen molar-refractivity contribution >= 4 is 23.4 Å². The first-order valence-corrected chi connectivity index (χ1v) is 9.35. The zero-order chi connectivity index (χ0) is 19.1. The van der Waals surface area contributed by atoms with Crippen molar-refractivity contribution in [1.29, 1.82) is 0 Å². The second-order valence-corrected chi connectivity index (χ2v) is 7.23. The third kappa shape index (κ3) is 6.04. The van der Waals surface area contributed by atoms with E-state index in [-0.39, 0.29) is 0 Å². The third-order valence-electron chi connectivity index (χ3n) is 3.78. The van der Waals surface area contributed by atoms with Crippen LogP contribution < -0.4 is 14.8 Å². The number of aryl methyl sites for hydroxylation is 1. The lowest BCUT2D eigenvalue weighted by molar-refractivity contribution is 0.251. The van der Waals surface area contributed by atoms with Crippen molar-refractivity contribution in [3.05, 3.63) is 52.0 Å². The van der Waals surface area contributed by atoms with Gasteiger partial charge in [-0.2, -0.15) is 8.78 Å². The number of rotatable bonds is 9. The molecule has 2 aromatic rings. The number of hydrogen-bond acceptors (Lipinski definition) is 4. The summed E-state index contributed by atoms with van der Waals surface area (Å²) in [4.78, 5) is 0.366. The summed E-state index contributed by atoms with van der Waals surface area (Å²) in [6.45, 7) is 3.40. The largest absolute Gasteiger partial charge is 0.496 e. The Balaban J connectivity index is 2.01. The fraction of sp³-hybridized carbons (Fsp3) is 0.368. The van der Waals surface area contributed by atoms with E-state index in [0.717, 1.165) is 21.7 Å². The molecule has 0 aliphatic heterocycles. The third-order valence-corrected chi connectivity index (χ3v) is 4.75. The maximum Gasteiger partial charge on any atom is 0.289 e. The number of hydrogen-bond donors (Lipinski definition) is 1. The van der Waals surface area contributed by atoms with E-state index < -0.39 is 5.76 Å². The van der Waals surface area contributed by atoms with Crippen molar-refractivity contribution in [2.45, 2.75) is 30.5 Å². The molecule has 7 heteroatoms. The normalized spacial score (nSPS) is 11.0. The molecule has 1 N–H and O–H groups in total. The van der Waals surface area contributed by atoms with Crippen LogP contribution in [0.1, 0.15) is 16.7 Å². The first kappa shape index (κ1) is 20.8. The summed E-state index contributed by atoms with van der Waals surface area (Å²) in [6.07, 6.45) is 0.679. The fourth-order valence-electron chi connectivity index (χ4n) is 2.69. The Labute approximate surface area is 162 Å². The first-order chi connectivity index (χ1) is 12.4. The molecule has 0 aromatic heterocycles. The number of benzene rings is 2. The zero-order valence-corrected chi connectivity index (χ0v) is 16.5. The van der Waals surface area contributed by atoms with Crippen molar-refractivity contribution in [1.82, 2.24) is 5.32 Å². The molecular formula is C19H22ClF2NO2S. The highest BCUT2D eigenvalue weighted by molar-refractivity contribution is 7.99. The van der Waals surface area contributed by atoms with Gasteiger partial charge in [0.25, 0.3) is 5.76 Å². The van der Waals surface area contributed by atoms with E-state index in [9.17, 15) is 8.78 Å². The van der Waals surface area contributed by atoms with E-state index >= 15 is 0 Å². The minimum Gasteiger partial charge on any atom is -0.496 e. The van der Waals surface area contributed by atoms with Crippen molar-refractivity contribution in [2.75, 3.05) is 20.8 Å². The smallest absolute Gasteiger partial charge is 0.289 e. The van der Waals surface area contributed by atoms with Crippen LogP contribution in [0, 0.1) is 6.92 Å². The molecule has 0 saturated carbocycles. The van der Waals surface area contributed by atoms with Crippen LogP contribution in [0.5, 0.6) is 11.5 Å². The maximum absolute atomic E-state index is 12.7. The van der Waals surface area contributed by atoms with E-state index in [1.807, 2.05) is 19.1 Å². The lowest BCUT2D eigenvalue weighted by Crippen LogP contribution is -2.17. The van der Waals surface area contributed by atoms with Gasteiger partial charge in [-0.15, -0.1) is 0 Å². The Morgan fingerprint density at radius 2 is 1.81 bits per heavy atom. The molecule has 0 atom stereocenters. The molecule has 2 rings (SSSR count). The first-order valence-electron chi connectivity index (χ1n) is 8.09. The van der Waals surface area contributed by atoms with E-state index in [1.165, 1.54) is 14.2 Å². The van der Waals surface area contributed by atoms with Gasteiger partial charge in [0, 0.05) is 11.6 Å². The van der Waals surface area contributed by atoms with Crippen LogP contribution in [-0.4, -0.2) is 26.5 Å². The lowest BCUT2D eigenvalue weighted by atomic mass is 10.1. The predicted octanol–water partition coefficient (Wildman–Crippen LogP) is 5.31. The fourth-order valence-corrected chi connectivity index (χ4v) is 3.62. The summed E-state index contributed by atoms with van der Waals surface area (Å²) < 4.78 is 36.0. The van der Waals surface area contributed by atoms with Crippen LogP contribution in [0.25, 0.3) is 0 Å².